The molecule has 0 saturated carbocycles. The Hall–Kier alpha value is -4.23. The van der Waals surface area contributed by atoms with E-state index in [9.17, 15) is 13.2 Å². The van der Waals surface area contributed by atoms with Crippen molar-refractivity contribution in [3.8, 4) is 5.75 Å². The molecule has 1 aliphatic heterocycles. The standard InChI is InChI=1S/C28H22N2O4S/c1-19-15-16-24(23(17-19)27-22-12-6-8-14-26(22)35(32,33)30-27)29-18-21-11-5-7-13-25(21)34-28(31)20-9-3-2-4-10-20/h2-17,29H,18H2,1H3. The van der Waals surface area contributed by atoms with Crippen LogP contribution in [0.4, 0.5) is 5.69 Å². The number of carbonyl (C=O) groups is 1. The fourth-order valence-electron chi connectivity index (χ4n) is 3.98. The van der Waals surface area contributed by atoms with Gasteiger partial charge >= 0.3 is 5.97 Å². The molecule has 4 aromatic carbocycles. The van der Waals surface area contributed by atoms with Crippen molar-refractivity contribution in [1.29, 1.82) is 0 Å². The maximum atomic E-state index is 12.6. The highest BCUT2D eigenvalue weighted by Crippen LogP contribution is 2.32. The molecule has 0 aromatic heterocycles. The smallest absolute Gasteiger partial charge is 0.343 e. The minimum absolute atomic E-state index is 0.209. The van der Waals surface area contributed by atoms with Gasteiger partial charge in [-0.25, -0.2) is 4.79 Å². The van der Waals surface area contributed by atoms with Crippen LogP contribution in [0.15, 0.2) is 106 Å². The highest BCUT2D eigenvalue weighted by molar-refractivity contribution is 7.90. The third-order valence-corrected chi connectivity index (χ3v) is 7.05. The van der Waals surface area contributed by atoms with Crippen LogP contribution in [0.3, 0.4) is 0 Å². The molecule has 6 nitrogen and oxygen atoms in total. The molecule has 0 saturated heterocycles. The van der Waals surface area contributed by atoms with E-state index in [0.717, 1.165) is 16.8 Å². The molecule has 4 aromatic rings. The number of aryl methyl sites for hydroxylation is 1. The van der Waals surface area contributed by atoms with E-state index < -0.39 is 16.0 Å². The monoisotopic (exact) mass is 482 g/mol. The van der Waals surface area contributed by atoms with Gasteiger partial charge in [0.1, 0.15) is 5.75 Å². The number of ether oxygens (including phenoxy) is 1. The first kappa shape index (κ1) is 22.6. The summed E-state index contributed by atoms with van der Waals surface area (Å²) in [5.74, 6) is 0.0184. The molecule has 7 heteroatoms. The molecule has 1 heterocycles. The number of hydrogen-bond donors (Lipinski definition) is 1. The minimum Gasteiger partial charge on any atom is -0.423 e. The average Bonchev–Trinajstić information content (AvgIpc) is 3.15. The van der Waals surface area contributed by atoms with E-state index in [0.29, 0.717) is 34.7 Å². The van der Waals surface area contributed by atoms with Crippen molar-refractivity contribution >= 4 is 27.4 Å². The summed E-state index contributed by atoms with van der Waals surface area (Å²) in [4.78, 5) is 12.8. The zero-order valence-electron chi connectivity index (χ0n) is 18.9. The summed E-state index contributed by atoms with van der Waals surface area (Å²) < 4.78 is 35.0. The Morgan fingerprint density at radius 3 is 2.40 bits per heavy atom. The summed E-state index contributed by atoms with van der Waals surface area (Å²) >= 11 is 0. The Morgan fingerprint density at radius 1 is 0.857 bits per heavy atom. The first-order valence-electron chi connectivity index (χ1n) is 11.1. The second kappa shape index (κ2) is 9.19. The van der Waals surface area contributed by atoms with Gasteiger partial charge in [-0.2, -0.15) is 12.8 Å². The average molecular weight is 483 g/mol. The lowest BCUT2D eigenvalue weighted by Crippen LogP contribution is -2.12. The van der Waals surface area contributed by atoms with E-state index in [2.05, 4.69) is 9.71 Å². The molecule has 1 aliphatic rings. The normalized spacial score (nSPS) is 13.6. The van der Waals surface area contributed by atoms with E-state index in [1.165, 1.54) is 0 Å². The maximum Gasteiger partial charge on any atom is 0.343 e. The van der Waals surface area contributed by atoms with Crippen LogP contribution in [0.1, 0.15) is 32.6 Å². The number of hydrogen-bond acceptors (Lipinski definition) is 5. The number of fused-ring (bicyclic) bond motifs is 1. The van der Waals surface area contributed by atoms with Crippen LogP contribution in [0.5, 0.6) is 5.75 Å². The summed E-state index contributed by atoms with van der Waals surface area (Å²) in [5, 5.41) is 3.38. The molecular weight excluding hydrogens is 460 g/mol. The zero-order chi connectivity index (χ0) is 24.4. The Morgan fingerprint density at radius 2 is 1.57 bits per heavy atom. The second-order valence-electron chi connectivity index (χ2n) is 8.18. The maximum absolute atomic E-state index is 12.6. The van der Waals surface area contributed by atoms with E-state index in [1.54, 1.807) is 54.6 Å². The molecule has 0 aliphatic carbocycles. The zero-order valence-corrected chi connectivity index (χ0v) is 19.7. The lowest BCUT2D eigenvalue weighted by molar-refractivity contribution is 0.0733. The number of carbonyl (C=O) groups excluding carboxylic acids is 1. The molecule has 0 amide bonds. The Labute approximate surface area is 204 Å². The summed E-state index contributed by atoms with van der Waals surface area (Å²) in [6.45, 7) is 2.30. The SMILES string of the molecule is Cc1ccc(NCc2ccccc2OC(=O)c2ccccc2)c(C2=NS(=O)(=O)c3ccccc32)c1. The van der Waals surface area contributed by atoms with E-state index in [1.807, 2.05) is 49.4 Å². The van der Waals surface area contributed by atoms with Gasteiger partial charge in [-0.05, 0) is 43.3 Å². The number of sulfonamides is 1. The van der Waals surface area contributed by atoms with Crippen molar-refractivity contribution in [2.45, 2.75) is 18.4 Å². The number of esters is 1. The summed E-state index contributed by atoms with van der Waals surface area (Å²) in [6, 6.07) is 28.7. The first-order valence-corrected chi connectivity index (χ1v) is 12.5. The van der Waals surface area contributed by atoms with Crippen LogP contribution in [-0.4, -0.2) is 20.1 Å². The molecule has 174 valence electrons. The van der Waals surface area contributed by atoms with Gasteiger partial charge in [-0.1, -0.05) is 66.2 Å². The molecule has 0 spiro atoms. The molecule has 35 heavy (non-hydrogen) atoms. The van der Waals surface area contributed by atoms with Gasteiger partial charge in [-0.3, -0.25) is 0 Å². The molecule has 0 fully saturated rings. The Bertz CT molecular complexity index is 1560. The van der Waals surface area contributed by atoms with Crippen LogP contribution in [-0.2, 0) is 16.6 Å². The number of para-hydroxylation sites is 1. The van der Waals surface area contributed by atoms with Crippen LogP contribution < -0.4 is 10.1 Å². The predicted molar refractivity (Wildman–Crippen MR) is 136 cm³/mol. The number of nitrogens with one attached hydrogen (secondary N) is 1. The first-order chi connectivity index (χ1) is 16.9. The van der Waals surface area contributed by atoms with Crippen LogP contribution in [0.2, 0.25) is 0 Å². The molecular formula is C28H22N2O4S. The van der Waals surface area contributed by atoms with Gasteiger partial charge in [0.05, 0.1) is 16.2 Å². The molecule has 1 N–H and O–H groups in total. The number of anilines is 1. The molecule has 0 atom stereocenters. The fraction of sp³-hybridized carbons (Fsp3) is 0.0714. The summed E-state index contributed by atoms with van der Waals surface area (Å²) in [5.41, 5.74) is 4.64. The van der Waals surface area contributed by atoms with E-state index in [-0.39, 0.29) is 4.90 Å². The minimum atomic E-state index is -3.74. The van der Waals surface area contributed by atoms with Gasteiger partial charge in [0.15, 0.2) is 0 Å². The topological polar surface area (TPSA) is 84.8 Å². The number of benzene rings is 4. The quantitative estimate of drug-likeness (QED) is 0.295. The summed E-state index contributed by atoms with van der Waals surface area (Å²) in [6.07, 6.45) is 0. The molecule has 0 radical (unpaired) electrons. The predicted octanol–water partition coefficient (Wildman–Crippen LogP) is 5.37. The third-order valence-electron chi connectivity index (χ3n) is 5.72. The van der Waals surface area contributed by atoms with E-state index in [4.69, 9.17) is 4.74 Å². The van der Waals surface area contributed by atoms with E-state index >= 15 is 0 Å². The summed E-state index contributed by atoms with van der Waals surface area (Å²) in [7, 11) is -3.74. The van der Waals surface area contributed by atoms with Gasteiger partial charge in [0.2, 0.25) is 0 Å². The largest absolute Gasteiger partial charge is 0.423 e. The highest BCUT2D eigenvalue weighted by atomic mass is 32.2. The van der Waals surface area contributed by atoms with Crippen molar-refractivity contribution in [1.82, 2.24) is 0 Å². The van der Waals surface area contributed by atoms with Gasteiger partial charge in [0.25, 0.3) is 10.0 Å². The van der Waals surface area contributed by atoms with Crippen LogP contribution in [0.25, 0.3) is 0 Å². The molecule has 5 rings (SSSR count). The lowest BCUT2D eigenvalue weighted by Gasteiger charge is -2.15. The van der Waals surface area contributed by atoms with Gasteiger partial charge < -0.3 is 10.1 Å². The van der Waals surface area contributed by atoms with Crippen LogP contribution >= 0.6 is 0 Å². The second-order valence-corrected chi connectivity index (χ2v) is 9.75. The number of nitrogens with zero attached hydrogens (tertiary/aromatic N) is 1. The highest BCUT2D eigenvalue weighted by Gasteiger charge is 2.30. The fourth-order valence-corrected chi connectivity index (χ4v) is 5.21. The number of rotatable bonds is 6. The molecule has 0 unspecified atom stereocenters. The Kier molecular flexibility index (Phi) is 5.93. The Balaban J connectivity index is 1.44. The van der Waals surface area contributed by atoms with Crippen molar-refractivity contribution in [3.63, 3.8) is 0 Å². The third kappa shape index (κ3) is 4.58. The van der Waals surface area contributed by atoms with Crippen molar-refractivity contribution in [2.24, 2.45) is 4.40 Å². The van der Waals surface area contributed by atoms with Gasteiger partial charge in [0, 0.05) is 28.9 Å². The lowest BCUT2D eigenvalue weighted by atomic mass is 9.98. The van der Waals surface area contributed by atoms with Crippen molar-refractivity contribution < 1.29 is 17.9 Å². The molecule has 0 bridgehead atoms. The van der Waals surface area contributed by atoms with Crippen molar-refractivity contribution in [2.75, 3.05) is 5.32 Å². The van der Waals surface area contributed by atoms with Gasteiger partial charge in [-0.15, -0.1) is 0 Å². The van der Waals surface area contributed by atoms with Crippen LogP contribution in [0, 0.1) is 6.92 Å². The van der Waals surface area contributed by atoms with Crippen molar-refractivity contribution in [3.05, 3.63) is 125 Å².